The Balaban J connectivity index is 1.60. The highest BCUT2D eigenvalue weighted by Crippen LogP contribution is 2.32. The number of pyridine rings is 1. The number of amides is 1. The molecule has 1 aromatic rings. The lowest BCUT2D eigenvalue weighted by atomic mass is 9.89. The summed E-state index contributed by atoms with van der Waals surface area (Å²) in [5.74, 6) is 0.404. The largest absolute Gasteiger partial charge is 0.321 e. The zero-order valence-corrected chi connectivity index (χ0v) is 11.8. The van der Waals surface area contributed by atoms with Gasteiger partial charge in [-0.3, -0.25) is 9.59 Å². The summed E-state index contributed by atoms with van der Waals surface area (Å²) in [6.07, 6.45) is 6.84. The van der Waals surface area contributed by atoms with Gasteiger partial charge in [-0.2, -0.15) is 0 Å². The highest BCUT2D eigenvalue weighted by atomic mass is 16.2. The number of aromatic nitrogens is 1. The Labute approximate surface area is 118 Å². The van der Waals surface area contributed by atoms with Crippen LogP contribution in [0.15, 0.2) is 23.1 Å². The number of rotatable bonds is 3. The zero-order chi connectivity index (χ0) is 14.1. The maximum absolute atomic E-state index is 12.1. The van der Waals surface area contributed by atoms with Crippen molar-refractivity contribution < 1.29 is 4.79 Å². The summed E-state index contributed by atoms with van der Waals surface area (Å²) in [5, 5.41) is 6.33. The summed E-state index contributed by atoms with van der Waals surface area (Å²) in [4.78, 5) is 23.9. The maximum Gasteiger partial charge on any atom is 0.274 e. The predicted octanol–water partition coefficient (Wildman–Crippen LogP) is 1.24. The highest BCUT2D eigenvalue weighted by Gasteiger charge is 2.34. The van der Waals surface area contributed by atoms with Crippen molar-refractivity contribution in [1.29, 1.82) is 0 Å². The van der Waals surface area contributed by atoms with Gasteiger partial charge < -0.3 is 15.2 Å². The minimum absolute atomic E-state index is 0.0420. The van der Waals surface area contributed by atoms with E-state index in [2.05, 4.69) is 10.6 Å². The van der Waals surface area contributed by atoms with Gasteiger partial charge in [0.15, 0.2) is 0 Å². The number of hydrogen-bond acceptors (Lipinski definition) is 3. The van der Waals surface area contributed by atoms with Crippen LogP contribution in [0.25, 0.3) is 0 Å². The number of carbonyl (C=O) groups is 1. The van der Waals surface area contributed by atoms with Gasteiger partial charge in [0, 0.05) is 31.7 Å². The molecule has 108 valence electrons. The first-order valence-corrected chi connectivity index (χ1v) is 7.33. The molecule has 0 saturated carbocycles. The number of piperidine rings is 1. The number of hydrogen-bond donors (Lipinski definition) is 2. The number of carbonyl (C=O) groups excluding carboxylic acids is 1. The van der Waals surface area contributed by atoms with E-state index in [1.807, 2.05) is 0 Å². The van der Waals surface area contributed by atoms with Crippen molar-refractivity contribution in [2.45, 2.75) is 44.2 Å². The Morgan fingerprint density at radius 3 is 2.80 bits per heavy atom. The maximum atomic E-state index is 12.1. The second-order valence-electron chi connectivity index (χ2n) is 6.07. The zero-order valence-electron chi connectivity index (χ0n) is 11.8. The Bertz CT molecular complexity index is 554. The first kappa shape index (κ1) is 13.4. The van der Waals surface area contributed by atoms with Crippen molar-refractivity contribution >= 4 is 11.6 Å². The molecule has 0 aromatic carbocycles. The molecular weight excluding hydrogens is 254 g/mol. The van der Waals surface area contributed by atoms with E-state index in [0.717, 1.165) is 12.8 Å². The molecule has 2 N–H and O–H groups in total. The molecule has 2 unspecified atom stereocenters. The molecule has 0 radical (unpaired) electrons. The van der Waals surface area contributed by atoms with Gasteiger partial charge in [-0.25, -0.2) is 0 Å². The molecule has 1 aromatic heterocycles. The van der Waals surface area contributed by atoms with Crippen LogP contribution in [0, 0.1) is 5.92 Å². The van der Waals surface area contributed by atoms with Crippen LogP contribution in [0.4, 0.5) is 5.69 Å². The average Bonchev–Trinajstić information content (AvgIpc) is 2.74. The Morgan fingerprint density at radius 2 is 2.10 bits per heavy atom. The Kier molecular flexibility index (Phi) is 3.61. The number of fused-ring (bicyclic) bond motifs is 2. The van der Waals surface area contributed by atoms with Crippen molar-refractivity contribution in [3.8, 4) is 0 Å². The summed E-state index contributed by atoms with van der Waals surface area (Å²) in [6.45, 7) is 0. The van der Waals surface area contributed by atoms with Gasteiger partial charge in [-0.05, 0) is 43.7 Å². The molecule has 3 heterocycles. The van der Waals surface area contributed by atoms with Crippen molar-refractivity contribution in [3.05, 3.63) is 28.7 Å². The van der Waals surface area contributed by atoms with Gasteiger partial charge >= 0.3 is 0 Å². The number of nitrogens with one attached hydrogen (secondary N) is 2. The average molecular weight is 275 g/mol. The lowest BCUT2D eigenvalue weighted by molar-refractivity contribution is -0.117. The van der Waals surface area contributed by atoms with E-state index in [1.165, 1.54) is 17.4 Å². The minimum atomic E-state index is -0.161. The summed E-state index contributed by atoms with van der Waals surface area (Å²) < 4.78 is 1.47. The fraction of sp³-hybridized carbons (Fsp3) is 0.600. The molecule has 2 fully saturated rings. The fourth-order valence-corrected chi connectivity index (χ4v) is 3.50. The Morgan fingerprint density at radius 1 is 1.40 bits per heavy atom. The molecule has 5 heteroatoms. The molecule has 1 amide bonds. The summed E-state index contributed by atoms with van der Waals surface area (Å²) in [6, 6.07) is 4.61. The number of anilines is 1. The quantitative estimate of drug-likeness (QED) is 0.872. The topological polar surface area (TPSA) is 63.1 Å². The first-order chi connectivity index (χ1) is 9.61. The van der Waals surface area contributed by atoms with Crippen LogP contribution in [-0.4, -0.2) is 22.6 Å². The molecule has 2 atom stereocenters. The monoisotopic (exact) mass is 275 g/mol. The molecule has 2 saturated heterocycles. The smallest absolute Gasteiger partial charge is 0.274 e. The van der Waals surface area contributed by atoms with E-state index in [-0.39, 0.29) is 11.5 Å². The summed E-state index contributed by atoms with van der Waals surface area (Å²) >= 11 is 0. The standard InChI is InChI=1S/C15H21N3O2/c1-18-6-2-3-13(15(18)20)17-14(19)9-10-7-11-4-5-12(8-10)16-11/h2-3,6,10-12,16H,4-5,7-9H2,1H3,(H,17,19). The summed E-state index contributed by atoms with van der Waals surface area (Å²) in [5.41, 5.74) is 0.211. The van der Waals surface area contributed by atoms with Crippen molar-refractivity contribution in [2.75, 3.05) is 5.32 Å². The third kappa shape index (κ3) is 2.77. The first-order valence-electron chi connectivity index (χ1n) is 7.33. The predicted molar refractivity (Wildman–Crippen MR) is 77.6 cm³/mol. The normalized spacial score (nSPS) is 28.4. The molecular formula is C15H21N3O2. The van der Waals surface area contributed by atoms with Crippen LogP contribution in [-0.2, 0) is 11.8 Å². The van der Waals surface area contributed by atoms with E-state index >= 15 is 0 Å². The van der Waals surface area contributed by atoms with E-state index in [0.29, 0.717) is 30.1 Å². The molecule has 0 spiro atoms. The molecule has 2 bridgehead atoms. The number of aryl methyl sites for hydroxylation is 1. The van der Waals surface area contributed by atoms with E-state index < -0.39 is 0 Å². The van der Waals surface area contributed by atoms with Crippen LogP contribution in [0.3, 0.4) is 0 Å². The molecule has 3 rings (SSSR count). The lowest BCUT2D eigenvalue weighted by Gasteiger charge is -2.28. The molecule has 0 aliphatic carbocycles. The van der Waals surface area contributed by atoms with Crippen LogP contribution in [0.2, 0.25) is 0 Å². The molecule has 20 heavy (non-hydrogen) atoms. The minimum Gasteiger partial charge on any atom is -0.321 e. The lowest BCUT2D eigenvalue weighted by Crippen LogP contribution is -2.39. The van der Waals surface area contributed by atoms with Crippen LogP contribution >= 0.6 is 0 Å². The van der Waals surface area contributed by atoms with Gasteiger partial charge in [-0.15, -0.1) is 0 Å². The molecule has 2 aliphatic rings. The van der Waals surface area contributed by atoms with Crippen molar-refractivity contribution in [2.24, 2.45) is 13.0 Å². The SMILES string of the molecule is Cn1cccc(NC(=O)CC2CC3CCC(C2)N3)c1=O. The van der Waals surface area contributed by atoms with Gasteiger partial charge in [-0.1, -0.05) is 0 Å². The fourth-order valence-electron chi connectivity index (χ4n) is 3.50. The highest BCUT2D eigenvalue weighted by molar-refractivity contribution is 5.90. The molecule has 2 aliphatic heterocycles. The summed E-state index contributed by atoms with van der Waals surface area (Å²) in [7, 11) is 1.68. The Hall–Kier alpha value is -1.62. The van der Waals surface area contributed by atoms with Gasteiger partial charge in [0.2, 0.25) is 5.91 Å². The second kappa shape index (κ2) is 5.40. The third-order valence-electron chi connectivity index (χ3n) is 4.44. The second-order valence-corrected chi connectivity index (χ2v) is 6.07. The molecule has 5 nitrogen and oxygen atoms in total. The van der Waals surface area contributed by atoms with Crippen LogP contribution in [0.5, 0.6) is 0 Å². The number of nitrogens with zero attached hydrogens (tertiary/aromatic N) is 1. The van der Waals surface area contributed by atoms with Crippen LogP contribution in [0.1, 0.15) is 32.1 Å². The van der Waals surface area contributed by atoms with Gasteiger partial charge in [0.1, 0.15) is 5.69 Å². The van der Waals surface area contributed by atoms with E-state index in [4.69, 9.17) is 0 Å². The van der Waals surface area contributed by atoms with Crippen molar-refractivity contribution in [1.82, 2.24) is 9.88 Å². The van der Waals surface area contributed by atoms with E-state index in [1.54, 1.807) is 25.4 Å². The van der Waals surface area contributed by atoms with Gasteiger partial charge in [0.25, 0.3) is 5.56 Å². The third-order valence-corrected chi connectivity index (χ3v) is 4.44. The van der Waals surface area contributed by atoms with E-state index in [9.17, 15) is 9.59 Å². The van der Waals surface area contributed by atoms with Crippen LogP contribution < -0.4 is 16.2 Å². The van der Waals surface area contributed by atoms with Crippen molar-refractivity contribution in [3.63, 3.8) is 0 Å². The van der Waals surface area contributed by atoms with Gasteiger partial charge in [0.05, 0.1) is 0 Å².